The molecular formula is C6H7F3N3. The zero-order valence-electron chi connectivity index (χ0n) is 6.24. The molecule has 0 amide bonds. The van der Waals surface area contributed by atoms with Crippen LogP contribution in [0.1, 0.15) is 24.2 Å². The molecule has 0 aromatic carbocycles. The van der Waals surface area contributed by atoms with Crippen molar-refractivity contribution >= 4 is 0 Å². The van der Waals surface area contributed by atoms with Crippen LogP contribution in [0.2, 0.25) is 0 Å². The fourth-order valence-corrected chi connectivity index (χ4v) is 0.851. The zero-order chi connectivity index (χ0) is 9.35. The van der Waals surface area contributed by atoms with Crippen LogP contribution in [0.3, 0.4) is 0 Å². The van der Waals surface area contributed by atoms with Gasteiger partial charge in [0, 0.05) is 11.6 Å². The molecule has 1 atom stereocenters. The van der Waals surface area contributed by atoms with Crippen molar-refractivity contribution in [3.63, 3.8) is 0 Å². The van der Waals surface area contributed by atoms with Crippen molar-refractivity contribution < 1.29 is 13.2 Å². The van der Waals surface area contributed by atoms with Crippen LogP contribution in [0.5, 0.6) is 0 Å². The number of aromatic nitrogens is 2. The summed E-state index contributed by atoms with van der Waals surface area (Å²) in [7, 11) is 0. The second-order valence-electron chi connectivity index (χ2n) is 2.42. The number of halogens is 3. The highest BCUT2D eigenvalue weighted by molar-refractivity contribution is 5.21. The van der Waals surface area contributed by atoms with Crippen LogP contribution in [-0.2, 0) is 6.18 Å². The topological polar surface area (TPSA) is 52.5 Å². The molecule has 12 heavy (non-hydrogen) atoms. The number of nitrogens with one attached hydrogen (secondary N) is 2. The van der Waals surface area contributed by atoms with Gasteiger partial charge in [0.1, 0.15) is 5.69 Å². The van der Waals surface area contributed by atoms with Gasteiger partial charge in [-0.05, 0) is 6.92 Å². The number of aromatic amines is 1. The van der Waals surface area contributed by atoms with Gasteiger partial charge in [-0.1, -0.05) is 0 Å². The number of nitrogens with zero attached hydrogens (tertiary/aromatic N) is 1. The lowest BCUT2D eigenvalue weighted by Crippen LogP contribution is -2.10. The van der Waals surface area contributed by atoms with Gasteiger partial charge in [-0.3, -0.25) is 5.10 Å². The third kappa shape index (κ3) is 1.58. The Morgan fingerprint density at radius 1 is 1.58 bits per heavy atom. The SMILES string of the molecule is CC([NH])c1cn[nH]c1C(F)(F)F. The first kappa shape index (κ1) is 9.05. The van der Waals surface area contributed by atoms with Gasteiger partial charge >= 0.3 is 6.18 Å². The first-order chi connectivity index (χ1) is 5.43. The van der Waals surface area contributed by atoms with Crippen LogP contribution in [0.25, 0.3) is 0 Å². The van der Waals surface area contributed by atoms with Crippen molar-refractivity contribution in [2.75, 3.05) is 0 Å². The maximum absolute atomic E-state index is 12.1. The summed E-state index contributed by atoms with van der Waals surface area (Å²) in [5.74, 6) is 0. The minimum atomic E-state index is -4.44. The molecule has 0 spiro atoms. The van der Waals surface area contributed by atoms with E-state index in [0.29, 0.717) is 0 Å². The third-order valence-corrected chi connectivity index (χ3v) is 1.42. The summed E-state index contributed by atoms with van der Waals surface area (Å²) in [6.45, 7) is 1.36. The van der Waals surface area contributed by atoms with Crippen LogP contribution in [0.4, 0.5) is 13.2 Å². The van der Waals surface area contributed by atoms with Crippen molar-refractivity contribution in [1.82, 2.24) is 15.9 Å². The lowest BCUT2D eigenvalue weighted by atomic mass is 10.1. The average molecular weight is 178 g/mol. The molecule has 67 valence electrons. The summed E-state index contributed by atoms with van der Waals surface area (Å²) in [6, 6.07) is -0.916. The molecule has 1 rings (SSSR count). The summed E-state index contributed by atoms with van der Waals surface area (Å²) in [5, 5.41) is 5.08. The Kier molecular flexibility index (Phi) is 2.10. The molecule has 0 aliphatic heterocycles. The quantitative estimate of drug-likeness (QED) is 0.700. The predicted octanol–water partition coefficient (Wildman–Crippen LogP) is 1.77. The van der Waals surface area contributed by atoms with Crippen molar-refractivity contribution in [2.45, 2.75) is 19.1 Å². The van der Waals surface area contributed by atoms with E-state index in [4.69, 9.17) is 5.73 Å². The standard InChI is InChI=1S/C6H7F3N3/c1-3(10)4-2-11-12-5(4)6(7,8)9/h2-3,10H,1H3,(H,11,12). The molecule has 1 heterocycles. The first-order valence-corrected chi connectivity index (χ1v) is 3.24. The number of alkyl halides is 3. The van der Waals surface area contributed by atoms with Crippen LogP contribution < -0.4 is 5.73 Å². The van der Waals surface area contributed by atoms with E-state index >= 15 is 0 Å². The molecule has 0 saturated carbocycles. The molecule has 1 unspecified atom stereocenters. The van der Waals surface area contributed by atoms with E-state index in [1.807, 2.05) is 5.10 Å². The normalized spacial score (nSPS) is 14.8. The molecule has 1 aromatic heterocycles. The zero-order valence-corrected chi connectivity index (χ0v) is 6.24. The van der Waals surface area contributed by atoms with E-state index in [-0.39, 0.29) is 5.56 Å². The van der Waals surface area contributed by atoms with Gasteiger partial charge in [-0.25, -0.2) is 5.73 Å². The van der Waals surface area contributed by atoms with Gasteiger partial charge < -0.3 is 0 Å². The Morgan fingerprint density at radius 2 is 2.17 bits per heavy atom. The van der Waals surface area contributed by atoms with Gasteiger partial charge in [0.05, 0.1) is 6.20 Å². The lowest BCUT2D eigenvalue weighted by molar-refractivity contribution is -0.142. The van der Waals surface area contributed by atoms with Crippen LogP contribution >= 0.6 is 0 Å². The lowest BCUT2D eigenvalue weighted by Gasteiger charge is -2.07. The van der Waals surface area contributed by atoms with E-state index in [0.717, 1.165) is 6.20 Å². The van der Waals surface area contributed by atoms with Crippen molar-refractivity contribution in [3.05, 3.63) is 17.5 Å². The maximum atomic E-state index is 12.1. The van der Waals surface area contributed by atoms with Crippen molar-refractivity contribution in [2.24, 2.45) is 0 Å². The second kappa shape index (κ2) is 2.78. The highest BCUT2D eigenvalue weighted by atomic mass is 19.4. The van der Waals surface area contributed by atoms with Crippen molar-refractivity contribution in [3.8, 4) is 0 Å². The summed E-state index contributed by atoms with van der Waals surface area (Å²) in [4.78, 5) is 0. The monoisotopic (exact) mass is 178 g/mol. The van der Waals surface area contributed by atoms with E-state index in [9.17, 15) is 13.2 Å². The Balaban J connectivity index is 3.08. The Bertz CT molecular complexity index is 263. The molecule has 0 fully saturated rings. The van der Waals surface area contributed by atoms with Gasteiger partial charge in [-0.15, -0.1) is 0 Å². The molecular weight excluding hydrogens is 171 g/mol. The largest absolute Gasteiger partial charge is 0.433 e. The molecule has 0 bridgehead atoms. The molecule has 0 saturated heterocycles. The first-order valence-electron chi connectivity index (χ1n) is 3.24. The van der Waals surface area contributed by atoms with Crippen LogP contribution in [0, 0.1) is 0 Å². The molecule has 3 nitrogen and oxygen atoms in total. The van der Waals surface area contributed by atoms with Gasteiger partial charge in [0.15, 0.2) is 0 Å². The fourth-order valence-electron chi connectivity index (χ4n) is 0.851. The van der Waals surface area contributed by atoms with Gasteiger partial charge in [0.25, 0.3) is 0 Å². The molecule has 6 heteroatoms. The highest BCUT2D eigenvalue weighted by Gasteiger charge is 2.36. The van der Waals surface area contributed by atoms with E-state index in [1.54, 1.807) is 0 Å². The number of rotatable bonds is 1. The van der Waals surface area contributed by atoms with Crippen LogP contribution in [0.15, 0.2) is 6.20 Å². The summed E-state index contributed by atoms with van der Waals surface area (Å²) in [5.41, 5.74) is 6.05. The Hall–Kier alpha value is -1.04. The minimum absolute atomic E-state index is 0.123. The number of H-pyrrole nitrogens is 1. The molecule has 0 aliphatic rings. The van der Waals surface area contributed by atoms with Crippen LogP contribution in [-0.4, -0.2) is 10.2 Å². The van der Waals surface area contributed by atoms with Gasteiger partial charge in [-0.2, -0.15) is 18.3 Å². The Labute approximate surface area is 66.8 Å². The van der Waals surface area contributed by atoms with E-state index in [2.05, 4.69) is 5.10 Å². The van der Waals surface area contributed by atoms with E-state index in [1.165, 1.54) is 6.92 Å². The van der Waals surface area contributed by atoms with Gasteiger partial charge in [0.2, 0.25) is 0 Å². The molecule has 0 aliphatic carbocycles. The summed E-state index contributed by atoms with van der Waals surface area (Å²) in [6.07, 6.45) is -3.42. The Morgan fingerprint density at radius 3 is 2.50 bits per heavy atom. The van der Waals surface area contributed by atoms with Crippen molar-refractivity contribution in [1.29, 1.82) is 0 Å². The average Bonchev–Trinajstić information content (AvgIpc) is 2.30. The minimum Gasteiger partial charge on any atom is -0.273 e. The third-order valence-electron chi connectivity index (χ3n) is 1.42. The molecule has 1 aromatic rings. The van der Waals surface area contributed by atoms with E-state index < -0.39 is 17.9 Å². The summed E-state index contributed by atoms with van der Waals surface area (Å²) >= 11 is 0. The number of hydrogen-bond acceptors (Lipinski definition) is 1. The summed E-state index contributed by atoms with van der Waals surface area (Å²) < 4.78 is 36.3. The number of hydrogen-bond donors (Lipinski definition) is 1. The second-order valence-corrected chi connectivity index (χ2v) is 2.42. The smallest absolute Gasteiger partial charge is 0.273 e. The fraction of sp³-hybridized carbons (Fsp3) is 0.500. The maximum Gasteiger partial charge on any atom is 0.433 e. The molecule has 2 N–H and O–H groups in total. The molecule has 1 radical (unpaired) electrons. The highest BCUT2D eigenvalue weighted by Crippen LogP contribution is 2.32. The predicted molar refractivity (Wildman–Crippen MR) is 35.1 cm³/mol.